The van der Waals surface area contributed by atoms with Gasteiger partial charge in [0.15, 0.2) is 0 Å². The fraction of sp³-hybridized carbons (Fsp3) is 0.429. The zero-order valence-corrected chi connectivity index (χ0v) is 14.7. The second kappa shape index (κ2) is 6.30. The summed E-state index contributed by atoms with van der Waals surface area (Å²) in [5.41, 5.74) is 1.24. The van der Waals surface area contributed by atoms with Crippen molar-refractivity contribution in [2.75, 3.05) is 13.1 Å². The smallest absolute Gasteiger partial charge is 0.296 e. The number of carbonyl (C=O) groups excluding carboxylic acids is 1. The maximum atomic E-state index is 12.4. The van der Waals surface area contributed by atoms with Gasteiger partial charge in [0.25, 0.3) is 11.9 Å². The van der Waals surface area contributed by atoms with E-state index in [-0.39, 0.29) is 17.9 Å². The summed E-state index contributed by atoms with van der Waals surface area (Å²) in [4.78, 5) is 18.6. The molecule has 134 valence electrons. The Labute approximate surface area is 153 Å². The molecule has 0 aromatic heterocycles. The van der Waals surface area contributed by atoms with Gasteiger partial charge < -0.3 is 14.4 Å². The van der Waals surface area contributed by atoms with Gasteiger partial charge in [-0.15, -0.1) is 18.9 Å². The Morgan fingerprint density at radius 1 is 1.35 bits per heavy atom. The summed E-state index contributed by atoms with van der Waals surface area (Å²) in [6.07, 6.45) is 9.32. The van der Waals surface area contributed by atoms with Gasteiger partial charge in [0, 0.05) is 19.5 Å². The molecule has 3 heterocycles. The normalized spacial score (nSPS) is 26.2. The molecule has 1 atom stereocenters. The van der Waals surface area contributed by atoms with Crippen molar-refractivity contribution < 1.29 is 14.3 Å². The van der Waals surface area contributed by atoms with Crippen LogP contribution in [0.1, 0.15) is 36.8 Å². The maximum Gasteiger partial charge on any atom is 0.296 e. The Bertz CT molecular complexity index is 815. The van der Waals surface area contributed by atoms with Crippen LogP contribution < -0.4 is 0 Å². The number of ether oxygens (including phenoxy) is 2. The largest absolute Gasteiger partial charge is 0.447 e. The SMILES string of the molecule is C#CCC1(CC=C)OC(N2CCC3(CC2)OCc2ccccc23)=NC1=O. The first-order valence-corrected chi connectivity index (χ1v) is 8.96. The van der Waals surface area contributed by atoms with Crippen molar-refractivity contribution in [1.29, 1.82) is 0 Å². The predicted octanol–water partition coefficient (Wildman–Crippen LogP) is 2.76. The Kier molecular flexibility index (Phi) is 4.08. The van der Waals surface area contributed by atoms with Gasteiger partial charge in [-0.3, -0.25) is 4.79 Å². The second-order valence-electron chi connectivity index (χ2n) is 7.10. The van der Waals surface area contributed by atoms with E-state index in [2.05, 4.69) is 35.7 Å². The van der Waals surface area contributed by atoms with E-state index >= 15 is 0 Å². The number of aliphatic imine (C=N–C) groups is 1. The number of fused-ring (bicyclic) bond motifs is 2. The van der Waals surface area contributed by atoms with E-state index in [1.54, 1.807) is 6.08 Å². The van der Waals surface area contributed by atoms with Gasteiger partial charge in [-0.25, -0.2) is 0 Å². The lowest BCUT2D eigenvalue weighted by molar-refractivity contribution is -0.130. The summed E-state index contributed by atoms with van der Waals surface area (Å²) >= 11 is 0. The van der Waals surface area contributed by atoms with Crippen LogP contribution in [0, 0.1) is 12.3 Å². The lowest BCUT2D eigenvalue weighted by Crippen LogP contribution is -2.47. The Balaban J connectivity index is 1.48. The summed E-state index contributed by atoms with van der Waals surface area (Å²) in [7, 11) is 0. The minimum Gasteiger partial charge on any atom is -0.447 e. The summed E-state index contributed by atoms with van der Waals surface area (Å²) < 4.78 is 12.2. The molecule has 26 heavy (non-hydrogen) atoms. The zero-order valence-electron chi connectivity index (χ0n) is 14.7. The number of nitrogens with zero attached hydrogens (tertiary/aromatic N) is 2. The predicted molar refractivity (Wildman–Crippen MR) is 98.2 cm³/mol. The highest BCUT2D eigenvalue weighted by molar-refractivity contribution is 6.01. The molecule has 0 saturated carbocycles. The highest BCUT2D eigenvalue weighted by Crippen LogP contribution is 2.44. The van der Waals surface area contributed by atoms with Crippen LogP contribution in [0.3, 0.4) is 0 Å². The molecule has 1 fully saturated rings. The number of amidine groups is 1. The molecule has 1 amide bonds. The van der Waals surface area contributed by atoms with Crippen LogP contribution in [0.15, 0.2) is 41.9 Å². The first kappa shape index (κ1) is 16.9. The Morgan fingerprint density at radius 2 is 2.12 bits per heavy atom. The third-order valence-corrected chi connectivity index (χ3v) is 5.59. The number of amides is 1. The van der Waals surface area contributed by atoms with E-state index in [9.17, 15) is 4.79 Å². The average Bonchev–Trinajstić information content (AvgIpc) is 3.16. The molecule has 1 unspecified atom stereocenters. The van der Waals surface area contributed by atoms with E-state index in [0.29, 0.717) is 19.0 Å². The zero-order chi connectivity index (χ0) is 18.2. The van der Waals surface area contributed by atoms with E-state index in [0.717, 1.165) is 25.9 Å². The van der Waals surface area contributed by atoms with Crippen LogP contribution in [0.5, 0.6) is 0 Å². The molecule has 0 N–H and O–H groups in total. The molecule has 5 nitrogen and oxygen atoms in total. The number of benzene rings is 1. The van der Waals surface area contributed by atoms with Crippen LogP contribution in [-0.2, 0) is 26.5 Å². The summed E-state index contributed by atoms with van der Waals surface area (Å²) in [6, 6.07) is 8.78. The summed E-state index contributed by atoms with van der Waals surface area (Å²) in [5, 5.41) is 0. The van der Waals surface area contributed by atoms with Crippen LogP contribution in [0.25, 0.3) is 0 Å². The molecule has 1 saturated heterocycles. The fourth-order valence-corrected chi connectivity index (χ4v) is 4.13. The lowest BCUT2D eigenvalue weighted by atomic mass is 9.84. The number of hydrogen-bond donors (Lipinski definition) is 0. The molecule has 5 heteroatoms. The first-order valence-electron chi connectivity index (χ1n) is 8.96. The van der Waals surface area contributed by atoms with Crippen molar-refractivity contribution >= 4 is 11.9 Å². The topological polar surface area (TPSA) is 51.1 Å². The minimum absolute atomic E-state index is 0.194. The summed E-state index contributed by atoms with van der Waals surface area (Å²) in [6.45, 7) is 5.82. The highest BCUT2D eigenvalue weighted by Gasteiger charge is 2.49. The highest BCUT2D eigenvalue weighted by atomic mass is 16.5. The molecule has 1 spiro atoms. The van der Waals surface area contributed by atoms with Crippen molar-refractivity contribution in [2.45, 2.75) is 43.5 Å². The van der Waals surface area contributed by atoms with Crippen molar-refractivity contribution in [2.24, 2.45) is 4.99 Å². The molecule has 1 aromatic carbocycles. The minimum atomic E-state index is -1.09. The van der Waals surface area contributed by atoms with E-state index < -0.39 is 5.60 Å². The lowest BCUT2D eigenvalue weighted by Gasteiger charge is -2.40. The third kappa shape index (κ3) is 2.53. The van der Waals surface area contributed by atoms with Gasteiger partial charge >= 0.3 is 0 Å². The molecule has 3 aliphatic heterocycles. The van der Waals surface area contributed by atoms with Crippen LogP contribution in [0.4, 0.5) is 0 Å². The number of carbonyl (C=O) groups is 1. The molecular formula is C21H22N2O3. The molecule has 0 aliphatic carbocycles. The molecule has 0 bridgehead atoms. The molecule has 4 rings (SSSR count). The third-order valence-electron chi connectivity index (χ3n) is 5.59. The van der Waals surface area contributed by atoms with Gasteiger partial charge in [-0.05, 0) is 24.0 Å². The molecule has 3 aliphatic rings. The quantitative estimate of drug-likeness (QED) is 0.621. The van der Waals surface area contributed by atoms with Gasteiger partial charge in [-0.1, -0.05) is 30.3 Å². The number of rotatable bonds is 3. The van der Waals surface area contributed by atoms with Gasteiger partial charge in [0.2, 0.25) is 5.60 Å². The van der Waals surface area contributed by atoms with Crippen LogP contribution in [0.2, 0.25) is 0 Å². The maximum absolute atomic E-state index is 12.4. The van der Waals surface area contributed by atoms with Crippen molar-refractivity contribution in [3.8, 4) is 12.3 Å². The number of terminal acetylenes is 1. The fourth-order valence-electron chi connectivity index (χ4n) is 4.13. The van der Waals surface area contributed by atoms with E-state index in [1.165, 1.54) is 11.1 Å². The summed E-state index contributed by atoms with van der Waals surface area (Å²) in [5.74, 6) is 2.22. The van der Waals surface area contributed by atoms with Crippen molar-refractivity contribution in [1.82, 2.24) is 4.90 Å². The second-order valence-corrected chi connectivity index (χ2v) is 7.10. The molecule has 1 aromatic rings. The molecular weight excluding hydrogens is 328 g/mol. The average molecular weight is 350 g/mol. The Hall–Kier alpha value is -2.58. The van der Waals surface area contributed by atoms with Crippen molar-refractivity contribution in [3.05, 3.63) is 48.0 Å². The number of hydrogen-bond acceptors (Lipinski definition) is 4. The monoisotopic (exact) mass is 350 g/mol. The first-order chi connectivity index (χ1) is 12.6. The van der Waals surface area contributed by atoms with Gasteiger partial charge in [0.1, 0.15) is 0 Å². The van der Waals surface area contributed by atoms with E-state index in [1.807, 2.05) is 11.0 Å². The molecule has 0 radical (unpaired) electrons. The van der Waals surface area contributed by atoms with Gasteiger partial charge in [0.05, 0.1) is 18.6 Å². The van der Waals surface area contributed by atoms with Crippen molar-refractivity contribution in [3.63, 3.8) is 0 Å². The number of piperidine rings is 1. The Morgan fingerprint density at radius 3 is 2.85 bits per heavy atom. The van der Waals surface area contributed by atoms with Crippen LogP contribution >= 0.6 is 0 Å². The standard InChI is InChI=1S/C21H22N2O3/c1-3-9-21(10-4-2)18(24)22-19(26-21)23-13-11-20(12-14-23)17-8-6-5-7-16(17)15-25-20/h1,4-8H,2,9-15H2. The van der Waals surface area contributed by atoms with Crippen LogP contribution in [-0.4, -0.2) is 35.5 Å². The van der Waals surface area contributed by atoms with Gasteiger partial charge in [-0.2, -0.15) is 4.99 Å². The number of likely N-dealkylation sites (tertiary alicyclic amines) is 1. The van der Waals surface area contributed by atoms with E-state index in [4.69, 9.17) is 15.9 Å².